The Morgan fingerprint density at radius 3 is 2.44 bits per heavy atom. The summed E-state index contributed by atoms with van der Waals surface area (Å²) in [4.78, 5) is 29.7. The maximum absolute atomic E-state index is 13.0. The lowest BCUT2D eigenvalue weighted by Crippen LogP contribution is -2.44. The fourth-order valence-corrected chi connectivity index (χ4v) is 5.48. The molecule has 2 aromatic rings. The number of imide groups is 1. The van der Waals surface area contributed by atoms with Crippen LogP contribution < -0.4 is 4.90 Å². The predicted molar refractivity (Wildman–Crippen MR) is 135 cm³/mol. The highest BCUT2D eigenvalue weighted by molar-refractivity contribution is 8.18. The zero-order valence-corrected chi connectivity index (χ0v) is 20.6. The Kier molecular flexibility index (Phi) is 5.99. The van der Waals surface area contributed by atoms with Gasteiger partial charge in [-0.3, -0.25) is 14.5 Å². The van der Waals surface area contributed by atoms with E-state index in [1.54, 1.807) is 12.1 Å². The summed E-state index contributed by atoms with van der Waals surface area (Å²) >= 11 is 6.94. The van der Waals surface area contributed by atoms with Gasteiger partial charge in [0, 0.05) is 22.8 Å². The fourth-order valence-electron chi connectivity index (χ4n) is 4.53. The molecule has 6 heteroatoms. The average molecular weight is 467 g/mol. The number of benzene rings is 2. The van der Waals surface area contributed by atoms with Crippen molar-refractivity contribution in [2.24, 2.45) is 0 Å². The molecular formula is C26H27ClN2O2S. The van der Waals surface area contributed by atoms with Crippen LogP contribution in [0.25, 0.3) is 11.6 Å². The molecule has 1 saturated heterocycles. The zero-order chi connectivity index (χ0) is 23.2. The van der Waals surface area contributed by atoms with Gasteiger partial charge in [-0.1, -0.05) is 29.8 Å². The van der Waals surface area contributed by atoms with Crippen molar-refractivity contribution in [2.45, 2.75) is 46.7 Å². The van der Waals surface area contributed by atoms with E-state index >= 15 is 0 Å². The Labute approximate surface area is 198 Å². The third-order valence-electron chi connectivity index (χ3n) is 6.10. The lowest BCUT2D eigenvalue weighted by molar-refractivity contribution is -0.123. The first-order valence-electron chi connectivity index (χ1n) is 10.7. The summed E-state index contributed by atoms with van der Waals surface area (Å²) in [6.07, 6.45) is 4.14. The van der Waals surface area contributed by atoms with E-state index in [0.717, 1.165) is 35.0 Å². The van der Waals surface area contributed by atoms with E-state index < -0.39 is 0 Å². The van der Waals surface area contributed by atoms with Gasteiger partial charge in [-0.05, 0) is 99.0 Å². The highest BCUT2D eigenvalue weighted by Gasteiger charge is 2.35. The van der Waals surface area contributed by atoms with E-state index in [1.807, 2.05) is 18.2 Å². The summed E-state index contributed by atoms with van der Waals surface area (Å²) in [6, 6.07) is 11.5. The maximum Gasteiger partial charge on any atom is 0.293 e. The van der Waals surface area contributed by atoms with Crippen molar-refractivity contribution < 1.29 is 9.59 Å². The molecule has 2 aliphatic heterocycles. The van der Waals surface area contributed by atoms with Crippen molar-refractivity contribution in [1.29, 1.82) is 0 Å². The van der Waals surface area contributed by atoms with Gasteiger partial charge < -0.3 is 4.90 Å². The summed E-state index contributed by atoms with van der Waals surface area (Å²) in [5.74, 6) is -0.254. The van der Waals surface area contributed by atoms with Crippen LogP contribution in [0.4, 0.5) is 10.5 Å². The summed E-state index contributed by atoms with van der Waals surface area (Å²) in [5.41, 5.74) is 6.46. The van der Waals surface area contributed by atoms with Crippen molar-refractivity contribution in [3.8, 4) is 0 Å². The Balaban J connectivity index is 1.66. The summed E-state index contributed by atoms with van der Waals surface area (Å²) in [6.45, 7) is 12.0. The fraction of sp³-hybridized carbons (Fsp3) is 0.308. The number of rotatable bonds is 4. The third-order valence-corrected chi connectivity index (χ3v) is 7.26. The molecule has 0 radical (unpaired) electrons. The Morgan fingerprint density at radius 1 is 1.09 bits per heavy atom. The summed E-state index contributed by atoms with van der Waals surface area (Å²) < 4.78 is 0. The molecule has 0 saturated carbocycles. The van der Waals surface area contributed by atoms with Gasteiger partial charge in [0.15, 0.2) is 0 Å². The molecule has 0 unspecified atom stereocenters. The number of likely N-dealkylation sites (N-methyl/N-ethyl adjacent to an activating group) is 1. The molecule has 2 aromatic carbocycles. The van der Waals surface area contributed by atoms with Crippen molar-refractivity contribution in [2.75, 3.05) is 11.4 Å². The van der Waals surface area contributed by atoms with E-state index in [1.165, 1.54) is 21.7 Å². The van der Waals surface area contributed by atoms with Crippen LogP contribution in [0.5, 0.6) is 0 Å². The van der Waals surface area contributed by atoms with Crippen molar-refractivity contribution in [1.82, 2.24) is 4.90 Å². The number of amides is 2. The molecule has 0 bridgehead atoms. The number of aryl methyl sites for hydroxylation is 1. The number of hydrogen-bond acceptors (Lipinski definition) is 4. The van der Waals surface area contributed by atoms with E-state index in [9.17, 15) is 9.59 Å². The Bertz CT molecular complexity index is 1170. The molecule has 0 aliphatic carbocycles. The van der Waals surface area contributed by atoms with Crippen LogP contribution in [0.2, 0.25) is 5.02 Å². The number of fused-ring (bicyclic) bond motifs is 1. The molecule has 32 heavy (non-hydrogen) atoms. The summed E-state index contributed by atoms with van der Waals surface area (Å²) in [5, 5.41) is 0.377. The van der Waals surface area contributed by atoms with Gasteiger partial charge in [-0.25, -0.2) is 0 Å². The second kappa shape index (κ2) is 8.45. The molecule has 0 spiro atoms. The average Bonchev–Trinajstić information content (AvgIpc) is 2.98. The second-order valence-corrected chi connectivity index (χ2v) is 10.3. The topological polar surface area (TPSA) is 40.6 Å². The number of halogens is 1. The number of hydrogen-bond donors (Lipinski definition) is 0. The minimum atomic E-state index is -0.254. The highest BCUT2D eigenvalue weighted by atomic mass is 35.5. The van der Waals surface area contributed by atoms with Gasteiger partial charge in [0.25, 0.3) is 11.1 Å². The smallest absolute Gasteiger partial charge is 0.293 e. The quantitative estimate of drug-likeness (QED) is 0.459. The highest BCUT2D eigenvalue weighted by Crippen LogP contribution is 2.41. The number of nitrogens with zero attached hydrogens (tertiary/aromatic N) is 2. The van der Waals surface area contributed by atoms with Gasteiger partial charge in [0.2, 0.25) is 0 Å². The van der Waals surface area contributed by atoms with Crippen LogP contribution in [0.15, 0.2) is 47.4 Å². The first kappa shape index (κ1) is 22.7. The minimum absolute atomic E-state index is 0.0515. The van der Waals surface area contributed by atoms with Crippen molar-refractivity contribution >= 4 is 51.8 Å². The second-order valence-electron chi connectivity index (χ2n) is 8.85. The van der Waals surface area contributed by atoms with E-state index in [2.05, 4.69) is 57.7 Å². The molecule has 2 aliphatic rings. The SMILES string of the molecule is CCN1c2cc(C)c(/C=C3\SC(=O)N(Cc4ccc(Cl)cc4)C3=O)cc2C(C)=CC1(C)C. The first-order chi connectivity index (χ1) is 15.1. The molecule has 166 valence electrons. The molecule has 4 rings (SSSR count). The number of carbonyl (C=O) groups is 2. The van der Waals surface area contributed by atoms with Crippen molar-refractivity contribution in [3.05, 3.63) is 74.7 Å². The maximum atomic E-state index is 13.0. The molecule has 1 fully saturated rings. The van der Waals surface area contributed by atoms with Crippen LogP contribution in [0.1, 0.15) is 49.9 Å². The summed E-state index contributed by atoms with van der Waals surface area (Å²) in [7, 11) is 0. The normalized spacial score (nSPS) is 18.9. The number of anilines is 1. The predicted octanol–water partition coefficient (Wildman–Crippen LogP) is 6.91. The molecule has 2 amide bonds. The van der Waals surface area contributed by atoms with Gasteiger partial charge in [-0.15, -0.1) is 0 Å². The van der Waals surface area contributed by atoms with Gasteiger partial charge in [0.1, 0.15) is 0 Å². The molecule has 0 atom stereocenters. The molecule has 0 aromatic heterocycles. The molecule has 2 heterocycles. The third kappa shape index (κ3) is 4.12. The van der Waals surface area contributed by atoms with Crippen LogP contribution in [0.3, 0.4) is 0 Å². The van der Waals surface area contributed by atoms with Crippen LogP contribution in [-0.4, -0.2) is 28.1 Å². The Morgan fingerprint density at radius 2 is 1.78 bits per heavy atom. The van der Waals surface area contributed by atoms with Crippen molar-refractivity contribution in [3.63, 3.8) is 0 Å². The number of carbonyl (C=O) groups excluding carboxylic acids is 2. The van der Waals surface area contributed by atoms with Gasteiger partial charge in [0.05, 0.1) is 17.0 Å². The minimum Gasteiger partial charge on any atom is -0.363 e. The van der Waals surface area contributed by atoms with E-state index in [0.29, 0.717) is 9.93 Å². The standard InChI is InChI=1S/C26H27ClN2O2S/c1-6-29-22-11-16(2)19(12-21(22)17(3)14-26(29,4)5)13-23-24(30)28(25(31)32-23)15-18-7-9-20(27)10-8-18/h7-14H,6,15H2,1-5H3/b23-13-. The van der Waals surface area contributed by atoms with Gasteiger partial charge >= 0.3 is 0 Å². The number of allylic oxidation sites excluding steroid dienone is 1. The zero-order valence-electron chi connectivity index (χ0n) is 19.0. The molecular weight excluding hydrogens is 440 g/mol. The van der Waals surface area contributed by atoms with Gasteiger partial charge in [-0.2, -0.15) is 0 Å². The molecule has 0 N–H and O–H groups in total. The van der Waals surface area contributed by atoms with Crippen LogP contribution in [-0.2, 0) is 11.3 Å². The Hall–Kier alpha value is -2.50. The molecule has 4 nitrogen and oxygen atoms in total. The van der Waals surface area contributed by atoms with E-state index in [4.69, 9.17) is 11.6 Å². The largest absolute Gasteiger partial charge is 0.363 e. The number of thioether (sulfide) groups is 1. The first-order valence-corrected chi connectivity index (χ1v) is 11.9. The van der Waals surface area contributed by atoms with Crippen LogP contribution in [0, 0.1) is 6.92 Å². The lowest BCUT2D eigenvalue weighted by Gasteiger charge is -2.43. The van der Waals surface area contributed by atoms with E-state index in [-0.39, 0.29) is 23.2 Å². The van der Waals surface area contributed by atoms with Crippen LogP contribution >= 0.6 is 23.4 Å². The lowest BCUT2D eigenvalue weighted by atomic mass is 9.87. The monoisotopic (exact) mass is 466 g/mol.